The Kier molecular flexibility index (Phi) is 6.22. The smallest absolute Gasteiger partial charge is 0.249 e. The van der Waals surface area contributed by atoms with Crippen molar-refractivity contribution in [3.63, 3.8) is 0 Å². The van der Waals surface area contributed by atoms with Crippen molar-refractivity contribution in [1.82, 2.24) is 5.43 Å². The maximum absolute atomic E-state index is 13.4. The number of hydrogen-bond donors (Lipinski definition) is 2. The van der Waals surface area contributed by atoms with Gasteiger partial charge in [0.2, 0.25) is 11.8 Å². The molecule has 0 fully saturated rings. The maximum atomic E-state index is 13.4. The van der Waals surface area contributed by atoms with Crippen molar-refractivity contribution in [1.29, 1.82) is 0 Å². The lowest BCUT2D eigenvalue weighted by Gasteiger charge is -2.06. The van der Waals surface area contributed by atoms with Gasteiger partial charge in [-0.25, -0.2) is 9.82 Å². The minimum Gasteiger partial charge on any atom is -0.497 e. The van der Waals surface area contributed by atoms with E-state index in [-0.39, 0.29) is 5.69 Å². The van der Waals surface area contributed by atoms with Crippen molar-refractivity contribution in [3.05, 3.63) is 59.4 Å². The molecule has 2 rings (SSSR count). The van der Waals surface area contributed by atoms with Crippen molar-refractivity contribution in [2.75, 3.05) is 12.4 Å². The molecule has 0 aromatic heterocycles. The fourth-order valence-electron chi connectivity index (χ4n) is 2.04. The van der Waals surface area contributed by atoms with Gasteiger partial charge in [-0.05, 0) is 48.4 Å². The molecule has 0 spiro atoms. The Labute approximate surface area is 144 Å². The Hall–Kier alpha value is -3.22. The van der Waals surface area contributed by atoms with Crippen molar-refractivity contribution >= 4 is 23.7 Å². The van der Waals surface area contributed by atoms with E-state index in [1.165, 1.54) is 24.4 Å². The Morgan fingerprint density at radius 1 is 1.20 bits per heavy atom. The molecule has 7 heteroatoms. The molecule has 0 heterocycles. The number of hydrazone groups is 1. The zero-order chi connectivity index (χ0) is 18.2. The van der Waals surface area contributed by atoms with Crippen LogP contribution in [-0.4, -0.2) is 25.1 Å². The van der Waals surface area contributed by atoms with Crippen molar-refractivity contribution < 1.29 is 18.7 Å². The largest absolute Gasteiger partial charge is 0.497 e. The molecule has 0 unspecified atom stereocenters. The van der Waals surface area contributed by atoms with Gasteiger partial charge in [0.15, 0.2) is 0 Å². The Bertz CT molecular complexity index is 806. The second-order valence-corrected chi connectivity index (χ2v) is 5.22. The summed E-state index contributed by atoms with van der Waals surface area (Å²) < 4.78 is 18.5. The molecule has 2 amide bonds. The molecular formula is C18H18FN3O3. The lowest BCUT2D eigenvalue weighted by atomic mass is 10.1. The zero-order valence-corrected chi connectivity index (χ0v) is 13.9. The molecule has 130 valence electrons. The molecule has 6 nitrogen and oxygen atoms in total. The monoisotopic (exact) mass is 343 g/mol. The maximum Gasteiger partial charge on any atom is 0.249 e. The van der Waals surface area contributed by atoms with E-state index < -0.39 is 24.1 Å². The average molecular weight is 343 g/mol. The summed E-state index contributed by atoms with van der Waals surface area (Å²) in [6.07, 6.45) is 1.01. The van der Waals surface area contributed by atoms with E-state index in [4.69, 9.17) is 4.74 Å². The molecule has 0 aliphatic rings. The predicted octanol–water partition coefficient (Wildman–Crippen LogP) is 2.62. The number of carbonyl (C=O) groups excluding carboxylic acids is 2. The van der Waals surface area contributed by atoms with Crippen LogP contribution >= 0.6 is 0 Å². The van der Waals surface area contributed by atoms with E-state index in [1.807, 2.05) is 13.0 Å². The highest BCUT2D eigenvalue weighted by atomic mass is 19.1. The summed E-state index contributed by atoms with van der Waals surface area (Å²) in [5.74, 6) is -1.07. The van der Waals surface area contributed by atoms with Crippen LogP contribution in [-0.2, 0) is 9.59 Å². The fourth-order valence-corrected chi connectivity index (χ4v) is 2.04. The van der Waals surface area contributed by atoms with Crippen LogP contribution in [0.3, 0.4) is 0 Å². The van der Waals surface area contributed by atoms with E-state index in [0.29, 0.717) is 0 Å². The highest BCUT2D eigenvalue weighted by molar-refractivity contribution is 6.03. The number of nitrogens with one attached hydrogen (secondary N) is 2. The number of rotatable bonds is 6. The van der Waals surface area contributed by atoms with Crippen molar-refractivity contribution in [2.45, 2.75) is 13.3 Å². The van der Waals surface area contributed by atoms with Crippen LogP contribution in [0.15, 0.2) is 47.6 Å². The molecule has 0 bridgehead atoms. The van der Waals surface area contributed by atoms with Gasteiger partial charge in [-0.2, -0.15) is 5.10 Å². The number of ether oxygens (including phenoxy) is 1. The van der Waals surface area contributed by atoms with Gasteiger partial charge in [-0.15, -0.1) is 0 Å². The molecule has 0 aliphatic carbocycles. The van der Waals surface area contributed by atoms with Crippen LogP contribution in [0.2, 0.25) is 0 Å². The Morgan fingerprint density at radius 2 is 1.96 bits per heavy atom. The van der Waals surface area contributed by atoms with Crippen LogP contribution in [0, 0.1) is 12.7 Å². The number of para-hydroxylation sites is 1. The van der Waals surface area contributed by atoms with E-state index in [9.17, 15) is 14.0 Å². The number of amides is 2. The van der Waals surface area contributed by atoms with Crippen LogP contribution < -0.4 is 15.5 Å². The molecule has 0 saturated carbocycles. The number of benzene rings is 2. The number of halogens is 1. The van der Waals surface area contributed by atoms with E-state index in [1.54, 1.807) is 25.3 Å². The fraction of sp³-hybridized carbons (Fsp3) is 0.167. The van der Waals surface area contributed by atoms with Crippen LogP contribution in [0.5, 0.6) is 5.75 Å². The molecule has 25 heavy (non-hydrogen) atoms. The van der Waals surface area contributed by atoms with Gasteiger partial charge in [-0.1, -0.05) is 12.1 Å². The molecule has 0 aliphatic heterocycles. The molecule has 2 N–H and O–H groups in total. The van der Waals surface area contributed by atoms with Gasteiger partial charge in [0, 0.05) is 0 Å². The molecule has 0 radical (unpaired) electrons. The molecule has 0 atom stereocenters. The lowest BCUT2D eigenvalue weighted by molar-refractivity contribution is -0.126. The number of methoxy groups -OCH3 is 1. The molecular weight excluding hydrogens is 325 g/mol. The van der Waals surface area contributed by atoms with Gasteiger partial charge in [0.1, 0.15) is 18.0 Å². The topological polar surface area (TPSA) is 79.8 Å². The Morgan fingerprint density at radius 3 is 2.64 bits per heavy atom. The number of aryl methyl sites for hydroxylation is 1. The quantitative estimate of drug-likeness (QED) is 0.481. The van der Waals surface area contributed by atoms with Gasteiger partial charge in [0.05, 0.1) is 19.0 Å². The highest BCUT2D eigenvalue weighted by Gasteiger charge is 2.11. The second-order valence-electron chi connectivity index (χ2n) is 5.22. The van der Waals surface area contributed by atoms with Crippen molar-refractivity contribution in [3.8, 4) is 5.75 Å². The summed E-state index contributed by atoms with van der Waals surface area (Å²) >= 11 is 0. The number of hydrogen-bond acceptors (Lipinski definition) is 4. The number of anilines is 1. The zero-order valence-electron chi connectivity index (χ0n) is 13.9. The molecule has 0 saturated heterocycles. The van der Waals surface area contributed by atoms with Crippen LogP contribution in [0.1, 0.15) is 17.5 Å². The van der Waals surface area contributed by atoms with Crippen molar-refractivity contribution in [2.24, 2.45) is 5.10 Å². The summed E-state index contributed by atoms with van der Waals surface area (Å²) in [7, 11) is 1.58. The normalized spacial score (nSPS) is 10.5. The first-order chi connectivity index (χ1) is 12.0. The standard InChI is InChI=1S/C18H18FN3O3/c1-12-9-14(25-2)8-7-13(12)11-20-22-18(24)10-17(23)21-16-6-4-3-5-15(16)19/h3-9,11H,10H2,1-2H3,(H,21,23)(H,22,24). The first kappa shape index (κ1) is 18.1. The van der Waals surface area contributed by atoms with Crippen LogP contribution in [0.25, 0.3) is 0 Å². The summed E-state index contributed by atoms with van der Waals surface area (Å²) in [5.41, 5.74) is 4.02. The summed E-state index contributed by atoms with van der Waals surface area (Å²) in [6.45, 7) is 1.88. The minimum absolute atomic E-state index is 0.0256. The summed E-state index contributed by atoms with van der Waals surface area (Å²) in [6, 6.07) is 11.1. The minimum atomic E-state index is -0.626. The predicted molar refractivity (Wildman–Crippen MR) is 93.1 cm³/mol. The number of carbonyl (C=O) groups is 2. The number of nitrogens with zero attached hydrogens (tertiary/aromatic N) is 1. The van der Waals surface area contributed by atoms with Crippen LogP contribution in [0.4, 0.5) is 10.1 Å². The summed E-state index contributed by atoms with van der Waals surface area (Å²) in [4.78, 5) is 23.4. The van der Waals surface area contributed by atoms with Gasteiger partial charge >= 0.3 is 0 Å². The van der Waals surface area contributed by atoms with E-state index >= 15 is 0 Å². The van der Waals surface area contributed by atoms with Gasteiger partial charge < -0.3 is 10.1 Å². The third-order valence-corrected chi connectivity index (χ3v) is 3.34. The summed E-state index contributed by atoms with van der Waals surface area (Å²) in [5, 5.41) is 6.15. The third kappa shape index (κ3) is 5.42. The Balaban J connectivity index is 1.86. The van der Waals surface area contributed by atoms with E-state index in [2.05, 4.69) is 15.8 Å². The highest BCUT2D eigenvalue weighted by Crippen LogP contribution is 2.15. The van der Waals surface area contributed by atoms with Gasteiger partial charge in [0.25, 0.3) is 0 Å². The first-order valence-electron chi connectivity index (χ1n) is 7.50. The average Bonchev–Trinajstić information content (AvgIpc) is 2.58. The SMILES string of the molecule is COc1ccc(C=NNC(=O)CC(=O)Nc2ccccc2F)c(C)c1. The molecule has 2 aromatic rings. The van der Waals surface area contributed by atoms with Gasteiger partial charge in [-0.3, -0.25) is 9.59 Å². The molecule has 2 aromatic carbocycles. The van der Waals surface area contributed by atoms with E-state index in [0.717, 1.165) is 16.9 Å². The third-order valence-electron chi connectivity index (χ3n) is 3.34. The lowest BCUT2D eigenvalue weighted by Crippen LogP contribution is -2.25. The first-order valence-corrected chi connectivity index (χ1v) is 7.50. The second kappa shape index (κ2) is 8.58.